The van der Waals surface area contributed by atoms with E-state index < -0.39 is 16.0 Å². The average molecular weight is 414 g/mol. The Hall–Kier alpha value is -3.08. The van der Waals surface area contributed by atoms with Gasteiger partial charge in [-0.15, -0.1) is 5.10 Å². The lowest BCUT2D eigenvalue weighted by atomic mass is 10.1. The lowest BCUT2D eigenvalue weighted by Gasteiger charge is -2.27. The van der Waals surface area contributed by atoms with Crippen molar-refractivity contribution in [3.05, 3.63) is 60.4 Å². The van der Waals surface area contributed by atoms with Crippen molar-refractivity contribution in [1.29, 1.82) is 0 Å². The van der Waals surface area contributed by atoms with E-state index in [1.165, 1.54) is 10.4 Å². The number of aromatic nitrogens is 3. The largest absolute Gasteiger partial charge is 0.476 e. The number of morpholine rings is 1. The van der Waals surface area contributed by atoms with Gasteiger partial charge >= 0.3 is 5.97 Å². The molecule has 0 aliphatic carbocycles. The smallest absolute Gasteiger partial charge is 0.356 e. The molecule has 9 nitrogen and oxygen atoms in total. The molecule has 1 N–H and O–H groups in total. The summed E-state index contributed by atoms with van der Waals surface area (Å²) in [7, 11) is -3.84. The summed E-state index contributed by atoms with van der Waals surface area (Å²) >= 11 is 0. The zero-order chi connectivity index (χ0) is 20.4. The van der Waals surface area contributed by atoms with Gasteiger partial charge in [0.1, 0.15) is 0 Å². The first-order valence-corrected chi connectivity index (χ1v) is 10.3. The topological polar surface area (TPSA) is 115 Å². The minimum absolute atomic E-state index is 0.0786. The zero-order valence-corrected chi connectivity index (χ0v) is 16.1. The molecule has 1 aliphatic rings. The molecule has 4 rings (SSSR count). The summed E-state index contributed by atoms with van der Waals surface area (Å²) in [4.78, 5) is 11.5. The van der Waals surface area contributed by atoms with E-state index in [0.29, 0.717) is 24.5 Å². The number of aromatic carboxylic acids is 1. The van der Waals surface area contributed by atoms with Crippen molar-refractivity contribution >= 4 is 16.0 Å². The summed E-state index contributed by atoms with van der Waals surface area (Å²) in [6.07, 6.45) is 1.11. The van der Waals surface area contributed by atoms with Gasteiger partial charge in [0, 0.05) is 18.7 Å². The van der Waals surface area contributed by atoms with Crippen molar-refractivity contribution in [3.8, 4) is 16.8 Å². The third-order valence-corrected chi connectivity index (χ3v) is 6.59. The fraction of sp³-hybridized carbons (Fsp3) is 0.211. The number of carbonyl (C=O) groups is 1. The van der Waals surface area contributed by atoms with Crippen molar-refractivity contribution in [3.63, 3.8) is 0 Å². The Balaban J connectivity index is 1.90. The van der Waals surface area contributed by atoms with Crippen LogP contribution in [0.3, 0.4) is 0 Å². The molecule has 1 fully saturated rings. The number of carboxylic acids is 1. The van der Waals surface area contributed by atoms with Crippen molar-refractivity contribution in [2.75, 3.05) is 26.3 Å². The number of hydrogen-bond acceptors (Lipinski definition) is 6. The number of carboxylic acid groups (broad SMARTS) is 1. The van der Waals surface area contributed by atoms with Crippen LogP contribution in [0.2, 0.25) is 0 Å². The number of ether oxygens (including phenoxy) is 1. The molecule has 29 heavy (non-hydrogen) atoms. The van der Waals surface area contributed by atoms with E-state index in [2.05, 4.69) is 10.3 Å². The highest BCUT2D eigenvalue weighted by Gasteiger charge is 2.30. The molecule has 2 aromatic carbocycles. The second-order valence-corrected chi connectivity index (χ2v) is 8.31. The highest BCUT2D eigenvalue weighted by Crippen LogP contribution is 2.32. The van der Waals surface area contributed by atoms with Gasteiger partial charge in [0.2, 0.25) is 10.0 Å². The first-order chi connectivity index (χ1) is 14.0. The normalized spacial score (nSPS) is 15.3. The maximum absolute atomic E-state index is 13.4. The average Bonchev–Trinajstić information content (AvgIpc) is 3.25. The fourth-order valence-electron chi connectivity index (χ4n) is 3.21. The van der Waals surface area contributed by atoms with Crippen LogP contribution in [-0.2, 0) is 14.8 Å². The van der Waals surface area contributed by atoms with Gasteiger partial charge in [-0.1, -0.05) is 41.6 Å². The third kappa shape index (κ3) is 3.65. The van der Waals surface area contributed by atoms with E-state index in [1.54, 1.807) is 12.1 Å². The van der Waals surface area contributed by atoms with Crippen molar-refractivity contribution in [2.45, 2.75) is 4.90 Å². The molecule has 0 spiro atoms. The van der Waals surface area contributed by atoms with Crippen LogP contribution in [0.25, 0.3) is 16.8 Å². The molecule has 2 heterocycles. The Kier molecular flexibility index (Phi) is 5.14. The Labute approximate surface area is 167 Å². The summed E-state index contributed by atoms with van der Waals surface area (Å²) in [5.41, 5.74) is 1.40. The van der Waals surface area contributed by atoms with Crippen LogP contribution in [0, 0.1) is 0 Å². The molecule has 0 amide bonds. The molecule has 0 saturated carbocycles. The van der Waals surface area contributed by atoms with Crippen LogP contribution >= 0.6 is 0 Å². The molecule has 0 bridgehead atoms. The lowest BCUT2D eigenvalue weighted by Crippen LogP contribution is -2.40. The molecule has 0 atom stereocenters. The summed E-state index contributed by atoms with van der Waals surface area (Å²) in [5, 5.41) is 16.8. The lowest BCUT2D eigenvalue weighted by molar-refractivity contribution is 0.0687. The predicted octanol–water partition coefficient (Wildman–Crippen LogP) is 1.65. The Bertz CT molecular complexity index is 1140. The van der Waals surface area contributed by atoms with Crippen LogP contribution in [-0.4, -0.2) is 65.1 Å². The van der Waals surface area contributed by atoms with E-state index in [1.807, 2.05) is 30.3 Å². The quantitative estimate of drug-likeness (QED) is 0.675. The first-order valence-electron chi connectivity index (χ1n) is 8.90. The minimum atomic E-state index is -3.84. The van der Waals surface area contributed by atoms with Crippen LogP contribution in [0.5, 0.6) is 0 Å². The molecule has 1 aromatic heterocycles. The highest BCUT2D eigenvalue weighted by molar-refractivity contribution is 7.89. The number of benzene rings is 2. The van der Waals surface area contributed by atoms with Gasteiger partial charge in [0.15, 0.2) is 5.69 Å². The molecular formula is C19H18N4O5S. The molecule has 0 radical (unpaired) electrons. The van der Waals surface area contributed by atoms with Gasteiger partial charge in [-0.05, 0) is 17.7 Å². The Morgan fingerprint density at radius 1 is 1.07 bits per heavy atom. The number of hydrogen-bond donors (Lipinski definition) is 1. The SMILES string of the molecule is O=C(O)c1cnnn1-c1ccc(-c2ccccc2)c(S(=O)(=O)N2CCOCC2)c1. The van der Waals surface area contributed by atoms with E-state index in [-0.39, 0.29) is 23.7 Å². The molecule has 1 aliphatic heterocycles. The van der Waals surface area contributed by atoms with E-state index in [0.717, 1.165) is 16.4 Å². The van der Waals surface area contributed by atoms with Gasteiger partial charge in [0.05, 0.1) is 30.0 Å². The van der Waals surface area contributed by atoms with Crippen LogP contribution in [0.4, 0.5) is 0 Å². The minimum Gasteiger partial charge on any atom is -0.476 e. The van der Waals surface area contributed by atoms with Gasteiger partial charge < -0.3 is 9.84 Å². The summed E-state index contributed by atoms with van der Waals surface area (Å²) in [5.74, 6) is -1.21. The standard InChI is InChI=1S/C19H18N4O5S/c24-19(25)17-13-20-21-23(17)15-6-7-16(14-4-2-1-3-5-14)18(12-15)29(26,27)22-8-10-28-11-9-22/h1-7,12-13H,8-11H2,(H,24,25). The first kappa shape index (κ1) is 19.2. The monoisotopic (exact) mass is 414 g/mol. The Morgan fingerprint density at radius 3 is 2.48 bits per heavy atom. The summed E-state index contributed by atoms with van der Waals surface area (Å²) < 4.78 is 34.6. The molecular weight excluding hydrogens is 396 g/mol. The zero-order valence-electron chi connectivity index (χ0n) is 15.3. The van der Waals surface area contributed by atoms with Gasteiger partial charge in [0.25, 0.3) is 0 Å². The van der Waals surface area contributed by atoms with Crippen LogP contribution in [0.15, 0.2) is 59.6 Å². The van der Waals surface area contributed by atoms with E-state index >= 15 is 0 Å². The van der Waals surface area contributed by atoms with Crippen LogP contribution in [0.1, 0.15) is 10.5 Å². The molecule has 3 aromatic rings. The van der Waals surface area contributed by atoms with E-state index in [4.69, 9.17) is 4.74 Å². The Morgan fingerprint density at radius 2 is 1.79 bits per heavy atom. The van der Waals surface area contributed by atoms with Gasteiger partial charge in [-0.3, -0.25) is 0 Å². The second kappa shape index (κ2) is 7.74. The molecule has 150 valence electrons. The van der Waals surface area contributed by atoms with E-state index in [9.17, 15) is 18.3 Å². The predicted molar refractivity (Wildman–Crippen MR) is 103 cm³/mol. The molecule has 0 unspecified atom stereocenters. The molecule has 1 saturated heterocycles. The highest BCUT2D eigenvalue weighted by atomic mass is 32.2. The summed E-state index contributed by atoms with van der Waals surface area (Å²) in [6, 6.07) is 13.9. The number of nitrogens with zero attached hydrogens (tertiary/aromatic N) is 4. The van der Waals surface area contributed by atoms with Crippen molar-refractivity contribution in [2.24, 2.45) is 0 Å². The van der Waals surface area contributed by atoms with Crippen molar-refractivity contribution in [1.82, 2.24) is 19.3 Å². The van der Waals surface area contributed by atoms with Crippen molar-refractivity contribution < 1.29 is 23.1 Å². The third-order valence-electron chi connectivity index (χ3n) is 4.65. The van der Waals surface area contributed by atoms with Crippen LogP contribution < -0.4 is 0 Å². The van der Waals surface area contributed by atoms with Gasteiger partial charge in [-0.2, -0.15) is 4.31 Å². The van der Waals surface area contributed by atoms with Gasteiger partial charge in [-0.25, -0.2) is 17.9 Å². The maximum Gasteiger partial charge on any atom is 0.356 e. The fourth-order valence-corrected chi connectivity index (χ4v) is 4.85. The summed E-state index contributed by atoms with van der Waals surface area (Å²) in [6.45, 7) is 1.16. The molecule has 10 heteroatoms. The number of rotatable bonds is 5. The second-order valence-electron chi connectivity index (χ2n) is 6.40. The maximum atomic E-state index is 13.4. The number of sulfonamides is 1.